The second-order valence-electron chi connectivity index (χ2n) is 6.44. The number of hydrogen-bond acceptors (Lipinski definition) is 5. The smallest absolute Gasteiger partial charge is 0.230 e. The van der Waals surface area contributed by atoms with E-state index in [-0.39, 0.29) is 17.5 Å². The fraction of sp³-hybridized carbons (Fsp3) is 0.286. The van der Waals surface area contributed by atoms with Crippen LogP contribution in [-0.4, -0.2) is 46.7 Å². The number of carbonyl (C=O) groups excluding carboxylic acids is 1. The number of nitrogens with one attached hydrogen (secondary N) is 1. The molecule has 0 atom stereocenters. The molecule has 1 amide bonds. The van der Waals surface area contributed by atoms with E-state index in [0.29, 0.717) is 29.7 Å². The quantitative estimate of drug-likeness (QED) is 0.428. The molecule has 6 nitrogen and oxygen atoms in total. The zero-order valence-corrected chi connectivity index (χ0v) is 17.2. The largest absolute Gasteiger partial charge is 0.385 e. The lowest BCUT2D eigenvalue weighted by atomic mass is 10.2. The van der Waals surface area contributed by atoms with Gasteiger partial charge in [0.15, 0.2) is 11.0 Å². The summed E-state index contributed by atoms with van der Waals surface area (Å²) in [5.74, 6) is 0.112. The van der Waals surface area contributed by atoms with Crippen molar-refractivity contribution in [3.8, 4) is 17.1 Å². The molecule has 29 heavy (non-hydrogen) atoms. The molecule has 152 valence electrons. The van der Waals surface area contributed by atoms with Gasteiger partial charge in [-0.25, -0.2) is 4.39 Å². The van der Waals surface area contributed by atoms with Crippen molar-refractivity contribution < 1.29 is 13.9 Å². The van der Waals surface area contributed by atoms with E-state index in [1.165, 1.54) is 17.8 Å². The highest BCUT2D eigenvalue weighted by molar-refractivity contribution is 7.99. The SMILES string of the molecule is COCCCNC(=O)CSc1nnc(-c2ccccc2F)n1-c1ccc(C)cc1. The van der Waals surface area contributed by atoms with Crippen molar-refractivity contribution in [1.82, 2.24) is 20.1 Å². The number of nitrogens with zero attached hydrogens (tertiary/aromatic N) is 3. The van der Waals surface area contributed by atoms with Crippen molar-refractivity contribution in [2.45, 2.75) is 18.5 Å². The summed E-state index contributed by atoms with van der Waals surface area (Å²) >= 11 is 1.26. The maximum Gasteiger partial charge on any atom is 0.230 e. The summed E-state index contributed by atoms with van der Waals surface area (Å²) in [7, 11) is 1.63. The van der Waals surface area contributed by atoms with Gasteiger partial charge in [0.2, 0.25) is 5.91 Å². The first kappa shape index (κ1) is 21.0. The van der Waals surface area contributed by atoms with Crippen molar-refractivity contribution >= 4 is 17.7 Å². The number of carbonyl (C=O) groups is 1. The summed E-state index contributed by atoms with van der Waals surface area (Å²) in [6, 6.07) is 14.2. The second kappa shape index (κ2) is 10.2. The summed E-state index contributed by atoms with van der Waals surface area (Å²) in [5.41, 5.74) is 2.28. The molecule has 0 fully saturated rings. The number of benzene rings is 2. The van der Waals surface area contributed by atoms with Gasteiger partial charge in [-0.05, 0) is 37.6 Å². The average molecular weight is 415 g/mol. The van der Waals surface area contributed by atoms with Gasteiger partial charge in [0.25, 0.3) is 0 Å². The molecule has 2 aromatic carbocycles. The molecule has 0 aliphatic heterocycles. The van der Waals surface area contributed by atoms with Crippen molar-refractivity contribution in [3.63, 3.8) is 0 Å². The molecule has 1 N–H and O–H groups in total. The molecule has 8 heteroatoms. The highest BCUT2D eigenvalue weighted by Crippen LogP contribution is 2.29. The Labute approximate surface area is 173 Å². The van der Waals surface area contributed by atoms with Crippen LogP contribution in [0.2, 0.25) is 0 Å². The minimum atomic E-state index is -0.374. The van der Waals surface area contributed by atoms with Gasteiger partial charge in [0, 0.05) is 25.9 Å². The molecular weight excluding hydrogens is 391 g/mol. The first-order valence-electron chi connectivity index (χ1n) is 9.26. The van der Waals surface area contributed by atoms with Crippen molar-refractivity contribution in [3.05, 3.63) is 59.9 Å². The number of ether oxygens (including phenoxy) is 1. The van der Waals surface area contributed by atoms with E-state index in [1.807, 2.05) is 31.2 Å². The number of aromatic nitrogens is 3. The number of amides is 1. The van der Waals surface area contributed by atoms with E-state index in [2.05, 4.69) is 15.5 Å². The normalized spacial score (nSPS) is 10.9. The van der Waals surface area contributed by atoms with Gasteiger partial charge < -0.3 is 10.1 Å². The zero-order valence-electron chi connectivity index (χ0n) is 16.4. The molecule has 3 rings (SSSR count). The first-order chi connectivity index (χ1) is 14.1. The van der Waals surface area contributed by atoms with Gasteiger partial charge in [0.05, 0.1) is 11.3 Å². The molecule has 0 saturated carbocycles. The van der Waals surface area contributed by atoms with E-state index in [9.17, 15) is 9.18 Å². The summed E-state index contributed by atoms with van der Waals surface area (Å²) in [6.45, 7) is 3.15. The van der Waals surface area contributed by atoms with Crippen LogP contribution in [0.25, 0.3) is 17.1 Å². The Balaban J connectivity index is 1.85. The van der Waals surface area contributed by atoms with E-state index in [0.717, 1.165) is 17.7 Å². The maximum absolute atomic E-state index is 14.4. The van der Waals surface area contributed by atoms with Crippen LogP contribution in [0.4, 0.5) is 4.39 Å². The Hall–Kier alpha value is -2.71. The van der Waals surface area contributed by atoms with Crippen molar-refractivity contribution in [2.24, 2.45) is 0 Å². The van der Waals surface area contributed by atoms with Crippen LogP contribution < -0.4 is 5.32 Å². The predicted octanol–water partition coefficient (Wildman–Crippen LogP) is 3.63. The van der Waals surface area contributed by atoms with Crippen LogP contribution in [0.15, 0.2) is 53.7 Å². The van der Waals surface area contributed by atoms with Gasteiger partial charge in [-0.3, -0.25) is 9.36 Å². The third-order valence-electron chi connectivity index (χ3n) is 4.22. The van der Waals surface area contributed by atoms with E-state index in [4.69, 9.17) is 4.74 Å². The van der Waals surface area contributed by atoms with Crippen LogP contribution in [0, 0.1) is 12.7 Å². The minimum absolute atomic E-state index is 0.1000. The number of thioether (sulfide) groups is 1. The molecule has 1 heterocycles. The lowest BCUT2D eigenvalue weighted by Crippen LogP contribution is -2.26. The predicted molar refractivity (Wildman–Crippen MR) is 112 cm³/mol. The Kier molecular flexibility index (Phi) is 7.37. The summed E-state index contributed by atoms with van der Waals surface area (Å²) in [5, 5.41) is 11.8. The molecule has 0 bridgehead atoms. The van der Waals surface area contributed by atoms with E-state index >= 15 is 0 Å². The highest BCUT2D eigenvalue weighted by Gasteiger charge is 2.19. The Morgan fingerprint density at radius 1 is 1.17 bits per heavy atom. The van der Waals surface area contributed by atoms with E-state index in [1.54, 1.807) is 29.9 Å². The Morgan fingerprint density at radius 2 is 1.93 bits per heavy atom. The molecule has 0 aliphatic rings. The number of hydrogen-bond donors (Lipinski definition) is 1. The molecule has 3 aromatic rings. The number of halogens is 1. The summed E-state index contributed by atoms with van der Waals surface area (Å²) in [6.07, 6.45) is 0.754. The standard InChI is InChI=1S/C21H23FN4O2S/c1-15-8-10-16(11-9-15)26-20(17-6-3-4-7-18(17)22)24-25-21(26)29-14-19(27)23-12-5-13-28-2/h3-4,6-11H,5,12-14H2,1-2H3,(H,23,27). The van der Waals surface area contributed by atoms with E-state index < -0.39 is 0 Å². The summed E-state index contributed by atoms with van der Waals surface area (Å²) in [4.78, 5) is 12.1. The highest BCUT2D eigenvalue weighted by atomic mass is 32.2. The fourth-order valence-corrected chi connectivity index (χ4v) is 3.51. The summed E-state index contributed by atoms with van der Waals surface area (Å²) < 4.78 is 21.1. The van der Waals surface area contributed by atoms with Gasteiger partial charge in [-0.2, -0.15) is 0 Å². The van der Waals surface area contributed by atoms with Crippen LogP contribution >= 0.6 is 11.8 Å². The van der Waals surface area contributed by atoms with Crippen LogP contribution in [-0.2, 0) is 9.53 Å². The van der Waals surface area contributed by atoms with Crippen LogP contribution in [0.3, 0.4) is 0 Å². The topological polar surface area (TPSA) is 69.0 Å². The average Bonchev–Trinajstić information content (AvgIpc) is 3.14. The third-order valence-corrected chi connectivity index (χ3v) is 5.15. The Bertz CT molecular complexity index is 960. The van der Waals surface area contributed by atoms with Gasteiger partial charge in [-0.1, -0.05) is 41.6 Å². The molecule has 0 radical (unpaired) electrons. The Morgan fingerprint density at radius 3 is 2.66 bits per heavy atom. The monoisotopic (exact) mass is 414 g/mol. The van der Waals surface area contributed by atoms with Gasteiger partial charge in [-0.15, -0.1) is 10.2 Å². The molecule has 0 saturated heterocycles. The zero-order chi connectivity index (χ0) is 20.6. The minimum Gasteiger partial charge on any atom is -0.385 e. The first-order valence-corrected chi connectivity index (χ1v) is 10.2. The third kappa shape index (κ3) is 5.42. The maximum atomic E-state index is 14.4. The number of aryl methyl sites for hydroxylation is 1. The fourth-order valence-electron chi connectivity index (χ4n) is 2.73. The van der Waals surface area contributed by atoms with Crippen molar-refractivity contribution in [2.75, 3.05) is 26.0 Å². The molecule has 0 spiro atoms. The van der Waals surface area contributed by atoms with Crippen LogP contribution in [0.1, 0.15) is 12.0 Å². The second-order valence-corrected chi connectivity index (χ2v) is 7.38. The van der Waals surface area contributed by atoms with Gasteiger partial charge in [0.1, 0.15) is 5.82 Å². The van der Waals surface area contributed by atoms with Crippen LogP contribution in [0.5, 0.6) is 0 Å². The molecule has 0 unspecified atom stereocenters. The molecule has 1 aromatic heterocycles. The number of methoxy groups -OCH3 is 1. The lowest BCUT2D eigenvalue weighted by molar-refractivity contribution is -0.118. The molecular formula is C21H23FN4O2S. The molecule has 0 aliphatic carbocycles. The van der Waals surface area contributed by atoms with Gasteiger partial charge >= 0.3 is 0 Å². The lowest BCUT2D eigenvalue weighted by Gasteiger charge is -2.11. The number of rotatable bonds is 9. The van der Waals surface area contributed by atoms with Crippen molar-refractivity contribution in [1.29, 1.82) is 0 Å².